The Morgan fingerprint density at radius 2 is 1.04 bits per heavy atom. The van der Waals surface area contributed by atoms with Gasteiger partial charge in [-0.05, 0) is 66.7 Å². The predicted octanol–water partition coefficient (Wildman–Crippen LogP) is 10.6. The molecule has 4 N–H and O–H groups in total. The van der Waals surface area contributed by atoms with Gasteiger partial charge < -0.3 is 25.0 Å². The summed E-state index contributed by atoms with van der Waals surface area (Å²) in [7, 11) is 0. The van der Waals surface area contributed by atoms with Gasteiger partial charge in [0.05, 0.1) is 33.1 Å². The average molecular weight is 605 g/mol. The molecule has 5 heteroatoms. The largest absolute Gasteiger partial charge is 0.455 e. The molecular formula is C42H28N4O. The molecule has 3 aromatic heterocycles. The van der Waals surface area contributed by atoms with E-state index in [0.29, 0.717) is 5.69 Å². The number of hydrogen-bond acceptors (Lipinski definition) is 3. The van der Waals surface area contributed by atoms with Crippen LogP contribution in [0.15, 0.2) is 150 Å². The zero-order chi connectivity index (χ0) is 31.2. The van der Waals surface area contributed by atoms with Crippen molar-refractivity contribution in [3.63, 3.8) is 0 Å². The highest BCUT2D eigenvalue weighted by Gasteiger charge is 2.22. The first-order valence-corrected chi connectivity index (χ1v) is 15.8. The van der Waals surface area contributed by atoms with Crippen LogP contribution < -0.4 is 11.5 Å². The van der Waals surface area contributed by atoms with Crippen LogP contribution in [-0.2, 0) is 0 Å². The van der Waals surface area contributed by atoms with Gasteiger partial charge in [0.15, 0.2) is 0 Å². The van der Waals surface area contributed by atoms with Crippen molar-refractivity contribution in [2.24, 2.45) is 0 Å². The number of aromatic nitrogens is 2. The van der Waals surface area contributed by atoms with E-state index in [2.05, 4.69) is 143 Å². The summed E-state index contributed by atoms with van der Waals surface area (Å²) in [6.45, 7) is 0. The predicted molar refractivity (Wildman–Crippen MR) is 197 cm³/mol. The van der Waals surface area contributed by atoms with Crippen LogP contribution in [0.4, 0.5) is 11.4 Å². The summed E-state index contributed by atoms with van der Waals surface area (Å²) in [6.07, 6.45) is 0. The molecule has 7 aromatic carbocycles. The second kappa shape index (κ2) is 9.52. The van der Waals surface area contributed by atoms with Crippen molar-refractivity contribution >= 4 is 76.9 Å². The molecule has 0 unspecified atom stereocenters. The molecule has 10 rings (SSSR count). The van der Waals surface area contributed by atoms with E-state index < -0.39 is 0 Å². The van der Waals surface area contributed by atoms with Crippen LogP contribution in [-0.4, -0.2) is 9.13 Å². The Bertz CT molecular complexity index is 2870. The standard InChI is InChI=1S/C42H28N4O/c43-25-18-21-37-34(23-25)28-11-4-6-15-35(28)46(37)39-24-26(44)17-19-29(39)30-13-8-14-31-32-20-22-38-40(42(32)47-41(30)31)33-12-5-7-16-36(33)45(38)27-9-2-1-3-10-27/h1-24H,43-44H2. The number of nitrogens with zero attached hydrogens (tertiary/aromatic N) is 2. The first-order chi connectivity index (χ1) is 23.2. The zero-order valence-corrected chi connectivity index (χ0v) is 25.3. The molecule has 0 bridgehead atoms. The van der Waals surface area contributed by atoms with Crippen LogP contribution in [0, 0.1) is 0 Å². The quantitative estimate of drug-likeness (QED) is 0.197. The van der Waals surface area contributed by atoms with Gasteiger partial charge in [-0.1, -0.05) is 78.9 Å². The SMILES string of the molecule is Nc1ccc(-c2cccc3c2oc2c3ccc3c2c2ccccc2n3-c2ccccc2)c(-n2c3ccccc3c3cc(N)ccc32)c1. The molecule has 3 heterocycles. The summed E-state index contributed by atoms with van der Waals surface area (Å²) in [5.41, 5.74) is 24.5. The van der Waals surface area contributed by atoms with Gasteiger partial charge in [0.25, 0.3) is 0 Å². The number of furan rings is 1. The third-order valence-corrected chi connectivity index (χ3v) is 9.56. The molecule has 222 valence electrons. The summed E-state index contributed by atoms with van der Waals surface area (Å²) in [4.78, 5) is 0. The van der Waals surface area contributed by atoms with E-state index in [1.54, 1.807) is 0 Å². The summed E-state index contributed by atoms with van der Waals surface area (Å²) >= 11 is 0. The fourth-order valence-electron chi connectivity index (χ4n) is 7.59. The first-order valence-electron chi connectivity index (χ1n) is 15.8. The Balaban J connectivity index is 1.29. The summed E-state index contributed by atoms with van der Waals surface area (Å²) in [5.74, 6) is 0. The van der Waals surface area contributed by atoms with Crippen molar-refractivity contribution in [2.75, 3.05) is 11.5 Å². The lowest BCUT2D eigenvalue weighted by Gasteiger charge is -2.15. The van der Waals surface area contributed by atoms with E-state index in [-0.39, 0.29) is 0 Å². The molecule has 0 radical (unpaired) electrons. The normalized spacial score (nSPS) is 12.0. The lowest BCUT2D eigenvalue weighted by molar-refractivity contribution is 0.674. The Hall–Kier alpha value is -6.46. The molecule has 10 aromatic rings. The maximum absolute atomic E-state index is 7.03. The molecule has 0 fully saturated rings. The van der Waals surface area contributed by atoms with E-state index in [4.69, 9.17) is 15.9 Å². The molecule has 0 aliphatic carbocycles. The van der Waals surface area contributed by atoms with E-state index in [9.17, 15) is 0 Å². The van der Waals surface area contributed by atoms with Gasteiger partial charge in [-0.15, -0.1) is 0 Å². The molecule has 0 atom stereocenters. The number of hydrogen-bond donors (Lipinski definition) is 2. The van der Waals surface area contributed by atoms with E-state index in [1.807, 2.05) is 12.1 Å². The number of benzene rings is 7. The average Bonchev–Trinajstić information content (AvgIpc) is 3.76. The lowest BCUT2D eigenvalue weighted by atomic mass is 9.99. The maximum atomic E-state index is 7.03. The van der Waals surface area contributed by atoms with Crippen molar-refractivity contribution in [3.8, 4) is 22.5 Å². The lowest BCUT2D eigenvalue weighted by Crippen LogP contribution is -1.99. The van der Waals surface area contributed by atoms with Gasteiger partial charge in [0.2, 0.25) is 0 Å². The highest BCUT2D eigenvalue weighted by molar-refractivity contribution is 6.25. The van der Waals surface area contributed by atoms with E-state index in [1.165, 1.54) is 0 Å². The summed E-state index contributed by atoms with van der Waals surface area (Å²) in [5, 5.41) is 6.69. The smallest absolute Gasteiger partial charge is 0.145 e. The molecule has 0 amide bonds. The number of para-hydroxylation sites is 4. The van der Waals surface area contributed by atoms with E-state index in [0.717, 1.165) is 93.7 Å². The van der Waals surface area contributed by atoms with Crippen molar-refractivity contribution in [3.05, 3.63) is 146 Å². The summed E-state index contributed by atoms with van der Waals surface area (Å²) in [6, 6.07) is 50.6. The van der Waals surface area contributed by atoms with Gasteiger partial charge in [-0.25, -0.2) is 0 Å². The number of fused-ring (bicyclic) bond motifs is 10. The minimum absolute atomic E-state index is 0.692. The third-order valence-electron chi connectivity index (χ3n) is 9.56. The van der Waals surface area contributed by atoms with Crippen molar-refractivity contribution < 1.29 is 4.42 Å². The van der Waals surface area contributed by atoms with Gasteiger partial charge in [0, 0.05) is 55.1 Å². The Morgan fingerprint density at radius 3 is 1.89 bits per heavy atom. The van der Waals surface area contributed by atoms with Gasteiger partial charge >= 0.3 is 0 Å². The molecule has 5 nitrogen and oxygen atoms in total. The zero-order valence-electron chi connectivity index (χ0n) is 25.3. The molecule has 0 aliphatic heterocycles. The second-order valence-electron chi connectivity index (χ2n) is 12.2. The molecule has 0 aliphatic rings. The van der Waals surface area contributed by atoms with Crippen LogP contribution in [0.2, 0.25) is 0 Å². The number of anilines is 2. The Kier molecular flexibility index (Phi) is 5.23. The molecule has 0 saturated heterocycles. The van der Waals surface area contributed by atoms with Crippen LogP contribution >= 0.6 is 0 Å². The fraction of sp³-hybridized carbons (Fsp3) is 0. The van der Waals surface area contributed by atoms with E-state index >= 15 is 0 Å². The fourth-order valence-corrected chi connectivity index (χ4v) is 7.59. The highest BCUT2D eigenvalue weighted by Crippen LogP contribution is 2.45. The third kappa shape index (κ3) is 3.59. The van der Waals surface area contributed by atoms with Gasteiger partial charge in [-0.3, -0.25) is 0 Å². The summed E-state index contributed by atoms with van der Waals surface area (Å²) < 4.78 is 11.7. The van der Waals surface area contributed by atoms with Gasteiger partial charge in [-0.2, -0.15) is 0 Å². The minimum Gasteiger partial charge on any atom is -0.455 e. The first kappa shape index (κ1) is 25.8. The van der Waals surface area contributed by atoms with Crippen LogP contribution in [0.3, 0.4) is 0 Å². The minimum atomic E-state index is 0.692. The topological polar surface area (TPSA) is 75.0 Å². The number of nitrogens with two attached hydrogens (primary N) is 2. The molecular weight excluding hydrogens is 576 g/mol. The highest BCUT2D eigenvalue weighted by atomic mass is 16.3. The van der Waals surface area contributed by atoms with Crippen LogP contribution in [0.1, 0.15) is 0 Å². The Labute approximate surface area is 269 Å². The van der Waals surface area contributed by atoms with Crippen molar-refractivity contribution in [1.82, 2.24) is 9.13 Å². The second-order valence-corrected chi connectivity index (χ2v) is 12.2. The Morgan fingerprint density at radius 1 is 0.404 bits per heavy atom. The van der Waals surface area contributed by atoms with Crippen LogP contribution in [0.5, 0.6) is 0 Å². The van der Waals surface area contributed by atoms with Crippen molar-refractivity contribution in [2.45, 2.75) is 0 Å². The van der Waals surface area contributed by atoms with Crippen LogP contribution in [0.25, 0.3) is 88.1 Å². The molecule has 0 spiro atoms. The maximum Gasteiger partial charge on any atom is 0.145 e. The van der Waals surface area contributed by atoms with Crippen molar-refractivity contribution in [1.29, 1.82) is 0 Å². The van der Waals surface area contributed by atoms with Gasteiger partial charge in [0.1, 0.15) is 11.2 Å². The monoisotopic (exact) mass is 604 g/mol. The number of nitrogen functional groups attached to an aromatic ring is 2. The molecule has 47 heavy (non-hydrogen) atoms. The molecule has 0 saturated carbocycles. The number of rotatable bonds is 3.